The van der Waals surface area contributed by atoms with E-state index in [-0.39, 0.29) is 24.4 Å². The van der Waals surface area contributed by atoms with E-state index in [1.54, 1.807) is 18.2 Å². The molecule has 96 valence electrons. The van der Waals surface area contributed by atoms with Gasteiger partial charge in [-0.2, -0.15) is 0 Å². The summed E-state index contributed by atoms with van der Waals surface area (Å²) < 4.78 is 0.859. The van der Waals surface area contributed by atoms with E-state index in [1.165, 1.54) is 0 Å². The third kappa shape index (κ3) is 5.25. The van der Waals surface area contributed by atoms with Gasteiger partial charge < -0.3 is 10.6 Å². The topological polar surface area (TPSA) is 41.1 Å². The maximum Gasteiger partial charge on any atom is 0.252 e. The van der Waals surface area contributed by atoms with Crippen molar-refractivity contribution in [2.75, 3.05) is 13.6 Å². The van der Waals surface area contributed by atoms with Crippen molar-refractivity contribution in [2.24, 2.45) is 0 Å². The minimum Gasteiger partial charge on any atom is -0.350 e. The number of amides is 1. The van der Waals surface area contributed by atoms with Gasteiger partial charge in [-0.15, -0.1) is 12.4 Å². The molecule has 6 heteroatoms. The monoisotopic (exact) mass is 340 g/mol. The summed E-state index contributed by atoms with van der Waals surface area (Å²) in [5, 5.41) is 6.30. The van der Waals surface area contributed by atoms with Crippen LogP contribution in [-0.4, -0.2) is 25.5 Å². The van der Waals surface area contributed by atoms with Crippen molar-refractivity contribution in [3.05, 3.63) is 33.3 Å². The van der Waals surface area contributed by atoms with Gasteiger partial charge in [0.05, 0.1) is 10.6 Å². The lowest BCUT2D eigenvalue weighted by Gasteiger charge is -2.12. The Morgan fingerprint density at radius 1 is 1.53 bits per heavy atom. The molecule has 2 N–H and O–H groups in total. The molecule has 0 saturated carbocycles. The highest BCUT2D eigenvalue weighted by atomic mass is 79.9. The van der Waals surface area contributed by atoms with E-state index in [4.69, 9.17) is 11.6 Å². The Kier molecular flexibility index (Phi) is 7.79. The lowest BCUT2D eigenvalue weighted by atomic mass is 10.2. The van der Waals surface area contributed by atoms with Gasteiger partial charge in [0.1, 0.15) is 0 Å². The van der Waals surface area contributed by atoms with Crippen LogP contribution in [-0.2, 0) is 0 Å². The third-order valence-electron chi connectivity index (χ3n) is 2.24. The highest BCUT2D eigenvalue weighted by Crippen LogP contribution is 2.21. The Bertz CT molecular complexity index is 388. The molecule has 0 aromatic heterocycles. The number of carbonyl (C=O) groups is 1. The molecule has 0 aliphatic rings. The van der Waals surface area contributed by atoms with E-state index in [0.717, 1.165) is 4.47 Å². The van der Waals surface area contributed by atoms with Crippen LogP contribution in [0.4, 0.5) is 0 Å². The Hall–Kier alpha value is -0.290. The zero-order valence-corrected chi connectivity index (χ0v) is 12.7. The summed E-state index contributed by atoms with van der Waals surface area (Å²) in [5.74, 6) is -0.153. The number of halogens is 3. The summed E-state index contributed by atoms with van der Waals surface area (Å²) >= 11 is 9.26. The van der Waals surface area contributed by atoms with Gasteiger partial charge in [-0.3, -0.25) is 4.79 Å². The highest BCUT2D eigenvalue weighted by Gasteiger charge is 2.10. The summed E-state index contributed by atoms with van der Waals surface area (Å²) in [6, 6.07) is 5.43. The van der Waals surface area contributed by atoms with Gasteiger partial charge >= 0.3 is 0 Å². The molecule has 0 fully saturated rings. The molecular formula is C11H15BrCl2N2O. The lowest BCUT2D eigenvalue weighted by molar-refractivity contribution is 0.0950. The first-order valence-electron chi connectivity index (χ1n) is 4.95. The Labute approximate surface area is 121 Å². The van der Waals surface area contributed by atoms with E-state index >= 15 is 0 Å². The van der Waals surface area contributed by atoms with Gasteiger partial charge in [-0.25, -0.2) is 0 Å². The molecule has 0 heterocycles. The first-order valence-corrected chi connectivity index (χ1v) is 6.12. The second-order valence-electron chi connectivity index (χ2n) is 3.52. The molecule has 1 unspecified atom stereocenters. The average Bonchev–Trinajstić information content (AvgIpc) is 2.25. The molecule has 1 amide bonds. The fourth-order valence-electron chi connectivity index (χ4n) is 1.12. The predicted molar refractivity (Wildman–Crippen MR) is 77.3 cm³/mol. The number of hydrogen-bond acceptors (Lipinski definition) is 2. The molecule has 0 spiro atoms. The summed E-state index contributed by atoms with van der Waals surface area (Å²) in [7, 11) is 1.85. The SMILES string of the molecule is CNC(C)CNC(=O)c1ccc(Br)cc1Cl.Cl. The number of rotatable bonds is 4. The van der Waals surface area contributed by atoms with Gasteiger partial charge in [0.15, 0.2) is 0 Å². The van der Waals surface area contributed by atoms with Gasteiger partial charge in [-0.05, 0) is 32.2 Å². The van der Waals surface area contributed by atoms with Gasteiger partial charge in [0.25, 0.3) is 5.91 Å². The Morgan fingerprint density at radius 3 is 2.71 bits per heavy atom. The van der Waals surface area contributed by atoms with Crippen LogP contribution < -0.4 is 10.6 Å². The smallest absolute Gasteiger partial charge is 0.252 e. The normalized spacial score (nSPS) is 11.5. The minimum atomic E-state index is -0.153. The molecule has 0 saturated heterocycles. The maximum absolute atomic E-state index is 11.8. The molecule has 3 nitrogen and oxygen atoms in total. The van der Waals surface area contributed by atoms with Crippen LogP contribution >= 0.6 is 39.9 Å². The van der Waals surface area contributed by atoms with Crippen LogP contribution in [0.3, 0.4) is 0 Å². The number of benzene rings is 1. The second-order valence-corrected chi connectivity index (χ2v) is 4.85. The first-order chi connectivity index (χ1) is 7.54. The third-order valence-corrected chi connectivity index (χ3v) is 3.04. The van der Waals surface area contributed by atoms with Crippen molar-refractivity contribution in [3.8, 4) is 0 Å². The van der Waals surface area contributed by atoms with Crippen LogP contribution in [0.5, 0.6) is 0 Å². The second kappa shape index (κ2) is 7.93. The maximum atomic E-state index is 11.8. The summed E-state index contributed by atoms with van der Waals surface area (Å²) in [4.78, 5) is 11.8. The molecule has 0 radical (unpaired) electrons. The summed E-state index contributed by atoms with van der Waals surface area (Å²) in [6.45, 7) is 2.56. The molecule has 0 aliphatic heterocycles. The minimum absolute atomic E-state index is 0. The zero-order chi connectivity index (χ0) is 12.1. The van der Waals surface area contributed by atoms with Gasteiger partial charge in [0.2, 0.25) is 0 Å². The largest absolute Gasteiger partial charge is 0.350 e. The number of carbonyl (C=O) groups excluding carboxylic acids is 1. The van der Waals surface area contributed by atoms with Crippen molar-refractivity contribution in [2.45, 2.75) is 13.0 Å². The molecule has 1 aromatic rings. The van der Waals surface area contributed by atoms with Gasteiger partial charge in [-0.1, -0.05) is 27.5 Å². The molecule has 0 bridgehead atoms. The fraction of sp³-hybridized carbons (Fsp3) is 0.364. The summed E-state index contributed by atoms with van der Waals surface area (Å²) in [5.41, 5.74) is 0.494. The summed E-state index contributed by atoms with van der Waals surface area (Å²) in [6.07, 6.45) is 0. The van der Waals surface area contributed by atoms with E-state index in [2.05, 4.69) is 26.6 Å². The molecule has 1 rings (SSSR count). The Morgan fingerprint density at radius 2 is 2.18 bits per heavy atom. The van der Waals surface area contributed by atoms with Crippen molar-refractivity contribution in [1.82, 2.24) is 10.6 Å². The fourth-order valence-corrected chi connectivity index (χ4v) is 1.88. The van der Waals surface area contributed by atoms with Crippen molar-refractivity contribution >= 4 is 45.8 Å². The lowest BCUT2D eigenvalue weighted by Crippen LogP contribution is -2.37. The standard InChI is InChI=1S/C11H14BrClN2O.ClH/c1-7(14-2)6-15-11(16)9-4-3-8(12)5-10(9)13;/h3-5,7,14H,6H2,1-2H3,(H,15,16);1H. The van der Waals surface area contributed by atoms with E-state index in [0.29, 0.717) is 17.1 Å². The van der Waals surface area contributed by atoms with Crippen molar-refractivity contribution < 1.29 is 4.79 Å². The highest BCUT2D eigenvalue weighted by molar-refractivity contribution is 9.10. The van der Waals surface area contributed by atoms with Gasteiger partial charge in [0, 0.05) is 17.1 Å². The molecular weight excluding hydrogens is 327 g/mol. The number of likely N-dealkylation sites (N-methyl/N-ethyl adjacent to an activating group) is 1. The van der Waals surface area contributed by atoms with Crippen LogP contribution in [0.25, 0.3) is 0 Å². The van der Waals surface area contributed by atoms with Crippen molar-refractivity contribution in [3.63, 3.8) is 0 Å². The number of hydrogen-bond donors (Lipinski definition) is 2. The first kappa shape index (κ1) is 16.7. The number of nitrogens with one attached hydrogen (secondary N) is 2. The molecule has 1 atom stereocenters. The van der Waals surface area contributed by atoms with Crippen LogP contribution in [0.2, 0.25) is 5.02 Å². The quantitative estimate of drug-likeness (QED) is 0.884. The zero-order valence-electron chi connectivity index (χ0n) is 9.59. The van der Waals surface area contributed by atoms with E-state index in [9.17, 15) is 4.79 Å². The Balaban J connectivity index is 0.00000256. The predicted octanol–water partition coefficient (Wildman–Crippen LogP) is 2.86. The van der Waals surface area contributed by atoms with Crippen LogP contribution in [0.15, 0.2) is 22.7 Å². The molecule has 1 aromatic carbocycles. The molecule has 17 heavy (non-hydrogen) atoms. The average molecular weight is 342 g/mol. The van der Waals surface area contributed by atoms with E-state index < -0.39 is 0 Å². The van der Waals surface area contributed by atoms with E-state index in [1.807, 2.05) is 14.0 Å². The van der Waals surface area contributed by atoms with Crippen LogP contribution in [0, 0.1) is 0 Å². The van der Waals surface area contributed by atoms with Crippen LogP contribution in [0.1, 0.15) is 17.3 Å². The molecule has 0 aliphatic carbocycles. The van der Waals surface area contributed by atoms with Crippen molar-refractivity contribution in [1.29, 1.82) is 0 Å².